The number of aromatic nitrogens is 2. The van der Waals surface area contributed by atoms with Gasteiger partial charge < -0.3 is 5.32 Å². The van der Waals surface area contributed by atoms with Crippen LogP contribution in [0.5, 0.6) is 0 Å². The van der Waals surface area contributed by atoms with Crippen LogP contribution in [-0.4, -0.2) is 15.6 Å². The summed E-state index contributed by atoms with van der Waals surface area (Å²) in [4.78, 5) is 26.2. The van der Waals surface area contributed by atoms with Gasteiger partial charge in [0.1, 0.15) is 11.6 Å². The number of H-pyrrole nitrogens is 1. The molecule has 0 radical (unpaired) electrons. The standard InChI is InChI=1S/C22H19N3O2/c26-17-13-7-12-16-19(17)18(14-8-3-1-4-9-14)20-21(23-16)24-25(22(20)27)15-10-5-2-6-11-15/h1-6,8-12,18-19,23-24H,7,13H2/t18-,19-/m0/s1. The number of para-hydroxylation sites is 1. The first-order valence-corrected chi connectivity index (χ1v) is 9.19. The number of carbonyl (C=O) groups is 1. The number of rotatable bonds is 2. The van der Waals surface area contributed by atoms with E-state index in [9.17, 15) is 9.59 Å². The number of hydrogen-bond donors (Lipinski definition) is 2. The Hall–Kier alpha value is -3.34. The van der Waals surface area contributed by atoms with Gasteiger partial charge in [-0.2, -0.15) is 0 Å². The van der Waals surface area contributed by atoms with Crippen molar-refractivity contribution in [1.82, 2.24) is 9.78 Å². The van der Waals surface area contributed by atoms with E-state index in [4.69, 9.17) is 0 Å². The first-order valence-electron chi connectivity index (χ1n) is 9.19. The maximum atomic E-state index is 13.3. The lowest BCUT2D eigenvalue weighted by molar-refractivity contribution is -0.122. The molecule has 0 bridgehead atoms. The molecule has 0 saturated heterocycles. The summed E-state index contributed by atoms with van der Waals surface area (Å²) in [6.07, 6.45) is 3.34. The van der Waals surface area contributed by atoms with E-state index in [0.717, 1.165) is 23.4 Å². The van der Waals surface area contributed by atoms with Crippen LogP contribution in [0.15, 0.2) is 77.2 Å². The number of allylic oxidation sites excluding steroid dienone is 2. The molecule has 27 heavy (non-hydrogen) atoms. The number of nitrogens with zero attached hydrogens (tertiary/aromatic N) is 1. The highest BCUT2D eigenvalue weighted by molar-refractivity contribution is 5.89. The highest BCUT2D eigenvalue weighted by Gasteiger charge is 2.42. The summed E-state index contributed by atoms with van der Waals surface area (Å²) in [7, 11) is 0. The minimum atomic E-state index is -0.332. The zero-order chi connectivity index (χ0) is 18.4. The molecule has 2 atom stereocenters. The van der Waals surface area contributed by atoms with Crippen LogP contribution in [0.25, 0.3) is 5.69 Å². The summed E-state index contributed by atoms with van der Waals surface area (Å²) in [6, 6.07) is 19.3. The molecule has 0 fully saturated rings. The predicted molar refractivity (Wildman–Crippen MR) is 104 cm³/mol. The molecule has 0 spiro atoms. The smallest absolute Gasteiger partial charge is 0.277 e. The number of fused-ring (bicyclic) bond motifs is 2. The molecule has 0 amide bonds. The van der Waals surface area contributed by atoms with Gasteiger partial charge in [-0.25, -0.2) is 4.68 Å². The minimum absolute atomic E-state index is 0.116. The van der Waals surface area contributed by atoms with Crippen LogP contribution < -0.4 is 10.9 Å². The van der Waals surface area contributed by atoms with Gasteiger partial charge in [-0.3, -0.25) is 14.7 Å². The molecule has 2 aromatic carbocycles. The topological polar surface area (TPSA) is 66.9 Å². The van der Waals surface area contributed by atoms with Gasteiger partial charge in [0.05, 0.1) is 17.2 Å². The van der Waals surface area contributed by atoms with E-state index < -0.39 is 0 Å². The molecule has 0 unspecified atom stereocenters. The zero-order valence-corrected chi connectivity index (χ0v) is 14.7. The second kappa shape index (κ2) is 6.13. The van der Waals surface area contributed by atoms with Crippen LogP contribution in [-0.2, 0) is 4.79 Å². The molecule has 3 aromatic rings. The number of benzene rings is 2. The third-order valence-electron chi connectivity index (χ3n) is 5.45. The molecule has 5 nitrogen and oxygen atoms in total. The summed E-state index contributed by atoms with van der Waals surface area (Å²) in [5.74, 6) is 0.248. The van der Waals surface area contributed by atoms with E-state index in [0.29, 0.717) is 17.8 Å². The lowest BCUT2D eigenvalue weighted by Gasteiger charge is -2.35. The Morgan fingerprint density at radius 1 is 0.889 bits per heavy atom. The molecule has 2 N–H and O–H groups in total. The first-order chi connectivity index (χ1) is 13.2. The Kier molecular flexibility index (Phi) is 3.60. The predicted octanol–water partition coefficient (Wildman–Crippen LogP) is 3.59. The molecule has 5 heteroatoms. The Morgan fingerprint density at radius 2 is 1.59 bits per heavy atom. The van der Waals surface area contributed by atoms with Crippen molar-refractivity contribution in [3.05, 3.63) is 93.9 Å². The number of hydrogen-bond acceptors (Lipinski definition) is 3. The van der Waals surface area contributed by atoms with Crippen molar-refractivity contribution in [3.8, 4) is 5.69 Å². The summed E-state index contributed by atoms with van der Waals surface area (Å²) in [5.41, 5.74) is 3.17. The number of nitrogens with one attached hydrogen (secondary N) is 2. The Bertz CT molecular complexity index is 1090. The van der Waals surface area contributed by atoms with Crippen LogP contribution in [0.1, 0.15) is 29.9 Å². The van der Waals surface area contributed by atoms with Crippen LogP contribution >= 0.6 is 0 Å². The molecule has 2 aliphatic rings. The number of aromatic amines is 1. The third-order valence-corrected chi connectivity index (χ3v) is 5.45. The molecule has 1 aliphatic heterocycles. The van der Waals surface area contributed by atoms with E-state index in [2.05, 4.69) is 16.5 Å². The average molecular weight is 357 g/mol. The van der Waals surface area contributed by atoms with Gasteiger partial charge in [0, 0.05) is 18.0 Å². The highest BCUT2D eigenvalue weighted by Crippen LogP contribution is 2.44. The monoisotopic (exact) mass is 357 g/mol. The van der Waals surface area contributed by atoms with Crippen molar-refractivity contribution >= 4 is 11.6 Å². The van der Waals surface area contributed by atoms with Gasteiger partial charge in [-0.15, -0.1) is 0 Å². The van der Waals surface area contributed by atoms with Gasteiger partial charge in [-0.1, -0.05) is 54.6 Å². The second-order valence-electron chi connectivity index (χ2n) is 7.03. The van der Waals surface area contributed by atoms with Crippen molar-refractivity contribution in [2.45, 2.75) is 18.8 Å². The minimum Gasteiger partial charge on any atom is -0.343 e. The van der Waals surface area contributed by atoms with Gasteiger partial charge >= 0.3 is 0 Å². The van der Waals surface area contributed by atoms with Gasteiger partial charge in [-0.05, 0) is 24.1 Å². The summed E-state index contributed by atoms with van der Waals surface area (Å²) < 4.78 is 1.55. The number of Topliss-reactive ketones (excluding diaryl/α,β-unsaturated/α-hetero) is 1. The molecule has 134 valence electrons. The molecule has 2 heterocycles. The third kappa shape index (κ3) is 2.46. The van der Waals surface area contributed by atoms with Crippen molar-refractivity contribution in [3.63, 3.8) is 0 Å². The van der Waals surface area contributed by atoms with Gasteiger partial charge in [0.25, 0.3) is 5.56 Å². The number of anilines is 1. The highest BCUT2D eigenvalue weighted by atomic mass is 16.1. The van der Waals surface area contributed by atoms with Crippen LogP contribution in [0.3, 0.4) is 0 Å². The molecule has 1 aliphatic carbocycles. The lowest BCUT2D eigenvalue weighted by Crippen LogP contribution is -2.36. The molecule has 0 saturated carbocycles. The van der Waals surface area contributed by atoms with E-state index in [-0.39, 0.29) is 23.2 Å². The quantitative estimate of drug-likeness (QED) is 0.737. The fourth-order valence-electron chi connectivity index (χ4n) is 4.24. The molecule has 1 aromatic heterocycles. The molecule has 5 rings (SSSR count). The Balaban J connectivity index is 1.75. The molecular weight excluding hydrogens is 338 g/mol. The Labute approximate surface area is 156 Å². The number of carbonyl (C=O) groups excluding carboxylic acids is 1. The van der Waals surface area contributed by atoms with Crippen LogP contribution in [0.4, 0.5) is 5.82 Å². The van der Waals surface area contributed by atoms with E-state index in [1.807, 2.05) is 60.7 Å². The van der Waals surface area contributed by atoms with E-state index in [1.165, 1.54) is 0 Å². The number of ketones is 1. The fourth-order valence-corrected chi connectivity index (χ4v) is 4.24. The largest absolute Gasteiger partial charge is 0.343 e. The SMILES string of the molecule is O=C1CCC=C2Nc3[nH]n(-c4ccccc4)c(=O)c3[C@@H](c3ccccc3)[C@H]12. The van der Waals surface area contributed by atoms with Gasteiger partial charge in [0.2, 0.25) is 0 Å². The fraction of sp³-hybridized carbons (Fsp3) is 0.182. The van der Waals surface area contributed by atoms with Crippen LogP contribution in [0.2, 0.25) is 0 Å². The van der Waals surface area contributed by atoms with Crippen LogP contribution in [0, 0.1) is 5.92 Å². The Morgan fingerprint density at radius 3 is 2.33 bits per heavy atom. The van der Waals surface area contributed by atoms with E-state index in [1.54, 1.807) is 4.68 Å². The second-order valence-corrected chi connectivity index (χ2v) is 7.03. The summed E-state index contributed by atoms with van der Waals surface area (Å²) in [5, 5.41) is 6.53. The van der Waals surface area contributed by atoms with Crippen molar-refractivity contribution in [1.29, 1.82) is 0 Å². The lowest BCUT2D eigenvalue weighted by atomic mass is 9.72. The summed E-state index contributed by atoms with van der Waals surface area (Å²) >= 11 is 0. The average Bonchev–Trinajstić information content (AvgIpc) is 3.04. The zero-order valence-electron chi connectivity index (χ0n) is 14.7. The van der Waals surface area contributed by atoms with Crippen molar-refractivity contribution < 1.29 is 4.79 Å². The first kappa shape index (κ1) is 15.9. The summed E-state index contributed by atoms with van der Waals surface area (Å²) in [6.45, 7) is 0. The maximum Gasteiger partial charge on any atom is 0.277 e. The van der Waals surface area contributed by atoms with Crippen molar-refractivity contribution in [2.75, 3.05) is 5.32 Å². The van der Waals surface area contributed by atoms with Crippen molar-refractivity contribution in [2.24, 2.45) is 5.92 Å². The maximum absolute atomic E-state index is 13.3. The van der Waals surface area contributed by atoms with E-state index >= 15 is 0 Å². The molecular formula is C22H19N3O2. The van der Waals surface area contributed by atoms with Gasteiger partial charge in [0.15, 0.2) is 0 Å². The normalized spacial score (nSPS) is 21.0.